The van der Waals surface area contributed by atoms with E-state index < -0.39 is 0 Å². The van der Waals surface area contributed by atoms with Crippen molar-refractivity contribution in [3.63, 3.8) is 0 Å². The predicted molar refractivity (Wildman–Crippen MR) is 102 cm³/mol. The number of nitrogens with one attached hydrogen (secondary N) is 1. The molecule has 1 aliphatic rings. The van der Waals surface area contributed by atoms with Gasteiger partial charge in [0, 0.05) is 23.4 Å². The lowest BCUT2D eigenvalue weighted by Crippen LogP contribution is -2.10. The van der Waals surface area contributed by atoms with Gasteiger partial charge in [0.15, 0.2) is 0 Å². The topological polar surface area (TPSA) is 63.1 Å². The summed E-state index contributed by atoms with van der Waals surface area (Å²) in [6, 6.07) is 17.5. The largest absolute Gasteiger partial charge is 0.507 e. The van der Waals surface area contributed by atoms with Crippen LogP contribution in [-0.2, 0) is 0 Å². The van der Waals surface area contributed by atoms with E-state index >= 15 is 0 Å². The molecule has 0 fully saturated rings. The Morgan fingerprint density at radius 1 is 1.00 bits per heavy atom. The minimum atomic E-state index is -0.000120. The fourth-order valence-corrected chi connectivity index (χ4v) is 3.32. The van der Waals surface area contributed by atoms with E-state index in [2.05, 4.69) is 10.5 Å². The monoisotopic (exact) mass is 348 g/mol. The first-order valence-electron chi connectivity index (χ1n) is 8.45. The van der Waals surface area contributed by atoms with Crippen molar-refractivity contribution in [2.24, 2.45) is 5.10 Å². The average molecular weight is 348 g/mol. The molecule has 132 valence electrons. The summed E-state index contributed by atoms with van der Waals surface area (Å²) in [5.74, 6) is 1.75. The molecule has 26 heavy (non-hydrogen) atoms. The average Bonchev–Trinajstić information content (AvgIpc) is 3.18. The summed E-state index contributed by atoms with van der Waals surface area (Å²) in [7, 11) is 3.27. The number of ether oxygens (including phenoxy) is 2. The van der Waals surface area contributed by atoms with Crippen LogP contribution < -0.4 is 14.9 Å². The first-order chi connectivity index (χ1) is 12.7. The molecule has 3 aromatic carbocycles. The summed E-state index contributed by atoms with van der Waals surface area (Å²) in [4.78, 5) is 0. The Morgan fingerprint density at radius 2 is 1.73 bits per heavy atom. The third-order valence-electron chi connectivity index (χ3n) is 4.74. The Morgan fingerprint density at radius 3 is 2.46 bits per heavy atom. The summed E-state index contributed by atoms with van der Waals surface area (Å²) in [5, 5.41) is 17.0. The van der Waals surface area contributed by atoms with E-state index in [-0.39, 0.29) is 11.8 Å². The zero-order valence-electron chi connectivity index (χ0n) is 14.7. The van der Waals surface area contributed by atoms with Crippen LogP contribution in [0.25, 0.3) is 10.8 Å². The van der Waals surface area contributed by atoms with E-state index in [9.17, 15) is 5.11 Å². The molecule has 0 aromatic heterocycles. The van der Waals surface area contributed by atoms with Crippen molar-refractivity contribution < 1.29 is 14.6 Å². The molecule has 0 spiro atoms. The summed E-state index contributed by atoms with van der Waals surface area (Å²) < 4.78 is 10.7. The normalized spacial score (nSPS) is 16.2. The van der Waals surface area contributed by atoms with Gasteiger partial charge in [-0.15, -0.1) is 0 Å². The van der Waals surface area contributed by atoms with Crippen LogP contribution >= 0.6 is 0 Å². The fourth-order valence-electron chi connectivity index (χ4n) is 3.32. The van der Waals surface area contributed by atoms with Gasteiger partial charge in [-0.3, -0.25) is 0 Å². The maximum absolute atomic E-state index is 10.7. The van der Waals surface area contributed by atoms with Gasteiger partial charge in [0.1, 0.15) is 17.2 Å². The Labute approximate surface area is 151 Å². The first-order valence-corrected chi connectivity index (χ1v) is 8.45. The van der Waals surface area contributed by atoms with Crippen molar-refractivity contribution in [3.05, 3.63) is 65.7 Å². The van der Waals surface area contributed by atoms with Gasteiger partial charge < -0.3 is 20.0 Å². The zero-order chi connectivity index (χ0) is 18.1. The Hall–Kier alpha value is -3.21. The smallest absolute Gasteiger partial charge is 0.132 e. The zero-order valence-corrected chi connectivity index (χ0v) is 14.7. The fraction of sp³-hybridized carbons (Fsp3) is 0.190. The summed E-state index contributed by atoms with van der Waals surface area (Å²) in [6.07, 6.45) is 0.669. The van der Waals surface area contributed by atoms with Gasteiger partial charge >= 0.3 is 0 Å². The third kappa shape index (κ3) is 2.81. The number of hydrogen-bond acceptors (Lipinski definition) is 5. The molecule has 5 heteroatoms. The Bertz CT molecular complexity index is 975. The van der Waals surface area contributed by atoms with Crippen LogP contribution in [0.15, 0.2) is 59.7 Å². The molecule has 0 amide bonds. The SMILES string of the molecule is COc1cc(OC)cc(C2CC(c3ccc4ccccc4c3O)=NN2)c1. The van der Waals surface area contributed by atoms with Gasteiger partial charge in [-0.25, -0.2) is 0 Å². The molecular weight excluding hydrogens is 328 g/mol. The molecule has 1 aliphatic heterocycles. The van der Waals surface area contributed by atoms with Crippen LogP contribution in [0.4, 0.5) is 0 Å². The molecule has 1 heterocycles. The van der Waals surface area contributed by atoms with E-state index in [1.807, 2.05) is 54.6 Å². The molecule has 0 saturated carbocycles. The first kappa shape index (κ1) is 16.3. The molecule has 1 unspecified atom stereocenters. The lowest BCUT2D eigenvalue weighted by atomic mass is 9.96. The van der Waals surface area contributed by atoms with Crippen molar-refractivity contribution in [2.45, 2.75) is 12.5 Å². The van der Waals surface area contributed by atoms with Gasteiger partial charge in [0.25, 0.3) is 0 Å². The molecule has 0 aliphatic carbocycles. The van der Waals surface area contributed by atoms with Crippen molar-refractivity contribution in [3.8, 4) is 17.2 Å². The van der Waals surface area contributed by atoms with Crippen LogP contribution in [0.3, 0.4) is 0 Å². The number of aromatic hydroxyl groups is 1. The van der Waals surface area contributed by atoms with E-state index in [4.69, 9.17) is 9.47 Å². The van der Waals surface area contributed by atoms with Gasteiger partial charge in [0.05, 0.1) is 26.0 Å². The van der Waals surface area contributed by atoms with E-state index in [0.29, 0.717) is 6.42 Å². The van der Waals surface area contributed by atoms with E-state index in [1.165, 1.54) is 0 Å². The molecule has 2 N–H and O–H groups in total. The molecule has 0 saturated heterocycles. The second-order valence-electron chi connectivity index (χ2n) is 6.27. The van der Waals surface area contributed by atoms with Gasteiger partial charge in [0.2, 0.25) is 0 Å². The minimum Gasteiger partial charge on any atom is -0.507 e. The van der Waals surface area contributed by atoms with Crippen LogP contribution in [0.1, 0.15) is 23.6 Å². The highest BCUT2D eigenvalue weighted by atomic mass is 16.5. The summed E-state index contributed by atoms with van der Waals surface area (Å²) in [5.41, 5.74) is 5.78. The van der Waals surface area contributed by atoms with Crippen molar-refractivity contribution in [1.82, 2.24) is 5.43 Å². The number of benzene rings is 3. The third-order valence-corrected chi connectivity index (χ3v) is 4.74. The number of nitrogens with zero attached hydrogens (tertiary/aromatic N) is 1. The second-order valence-corrected chi connectivity index (χ2v) is 6.27. The molecule has 0 radical (unpaired) electrons. The molecule has 0 bridgehead atoms. The highest BCUT2D eigenvalue weighted by Crippen LogP contribution is 2.35. The quantitative estimate of drug-likeness (QED) is 0.748. The number of hydrazone groups is 1. The number of methoxy groups -OCH3 is 2. The number of rotatable bonds is 4. The predicted octanol–water partition coefficient (Wildman–Crippen LogP) is 4.00. The van der Waals surface area contributed by atoms with Crippen molar-refractivity contribution in [2.75, 3.05) is 14.2 Å². The second kappa shape index (κ2) is 6.59. The van der Waals surface area contributed by atoms with E-state index in [0.717, 1.165) is 39.1 Å². The Kier molecular flexibility index (Phi) is 4.13. The van der Waals surface area contributed by atoms with Gasteiger partial charge in [-0.05, 0) is 29.1 Å². The highest BCUT2D eigenvalue weighted by molar-refractivity contribution is 6.08. The molecule has 5 nitrogen and oxygen atoms in total. The van der Waals surface area contributed by atoms with Crippen LogP contribution in [-0.4, -0.2) is 25.0 Å². The number of phenols is 1. The molecular formula is C21H20N2O3. The lowest BCUT2D eigenvalue weighted by Gasteiger charge is -2.14. The highest BCUT2D eigenvalue weighted by Gasteiger charge is 2.24. The van der Waals surface area contributed by atoms with Gasteiger partial charge in [-0.1, -0.05) is 30.3 Å². The number of hydrogen-bond donors (Lipinski definition) is 2. The summed E-state index contributed by atoms with van der Waals surface area (Å²) in [6.45, 7) is 0. The molecule has 4 rings (SSSR count). The molecule has 1 atom stereocenters. The van der Waals surface area contributed by atoms with Crippen molar-refractivity contribution >= 4 is 16.5 Å². The number of phenolic OH excluding ortho intramolecular Hbond substituents is 1. The maximum atomic E-state index is 10.7. The maximum Gasteiger partial charge on any atom is 0.132 e. The minimum absolute atomic E-state index is 0.000120. The van der Waals surface area contributed by atoms with Crippen LogP contribution in [0, 0.1) is 0 Å². The lowest BCUT2D eigenvalue weighted by molar-refractivity contribution is 0.392. The van der Waals surface area contributed by atoms with Crippen LogP contribution in [0.5, 0.6) is 17.2 Å². The standard InChI is InChI=1S/C21H20N2O3/c1-25-15-9-14(10-16(11-15)26-2)19-12-20(23-22-19)18-8-7-13-5-3-4-6-17(13)21(18)24/h3-11,19,22,24H,12H2,1-2H3. The van der Waals surface area contributed by atoms with Crippen LogP contribution in [0.2, 0.25) is 0 Å². The number of fused-ring (bicyclic) bond motifs is 1. The van der Waals surface area contributed by atoms with E-state index in [1.54, 1.807) is 14.2 Å². The summed E-state index contributed by atoms with van der Waals surface area (Å²) >= 11 is 0. The Balaban J connectivity index is 1.64. The van der Waals surface area contributed by atoms with Crippen molar-refractivity contribution in [1.29, 1.82) is 0 Å². The molecule has 3 aromatic rings. The van der Waals surface area contributed by atoms with Gasteiger partial charge in [-0.2, -0.15) is 5.10 Å².